The van der Waals surface area contributed by atoms with E-state index < -0.39 is 0 Å². The van der Waals surface area contributed by atoms with Crippen molar-refractivity contribution < 1.29 is 14.2 Å². The van der Waals surface area contributed by atoms with Gasteiger partial charge in [0.05, 0.1) is 20.8 Å². The first kappa shape index (κ1) is 33.3. The fraction of sp³-hybridized carbons (Fsp3) is 0.300. The molecule has 45 heavy (non-hydrogen) atoms. The Bertz CT molecular complexity index is 1820. The molecule has 0 atom stereocenters. The van der Waals surface area contributed by atoms with Crippen LogP contribution in [-0.4, -0.2) is 30.8 Å². The first-order chi connectivity index (χ1) is 21.9. The number of hydrogen-bond donors (Lipinski definition) is 0. The number of methoxy groups -OCH3 is 2. The van der Waals surface area contributed by atoms with Gasteiger partial charge < -0.3 is 14.2 Å². The summed E-state index contributed by atoms with van der Waals surface area (Å²) < 4.78 is 16.2. The van der Waals surface area contributed by atoms with Gasteiger partial charge >= 0.3 is 0 Å². The lowest BCUT2D eigenvalue weighted by atomic mass is 9.96. The first-order valence-corrected chi connectivity index (χ1v) is 15.8. The number of nitrogens with zero attached hydrogens (tertiary/aromatic N) is 2. The number of fused-ring (bicyclic) bond motifs is 3. The van der Waals surface area contributed by atoms with Crippen molar-refractivity contribution in [2.45, 2.75) is 60.3 Å². The minimum atomic E-state index is 0.509. The molecule has 0 bridgehead atoms. The van der Waals surface area contributed by atoms with Crippen molar-refractivity contribution in [3.63, 3.8) is 0 Å². The molecule has 0 amide bonds. The van der Waals surface area contributed by atoms with Gasteiger partial charge in [-0.2, -0.15) is 0 Å². The van der Waals surface area contributed by atoms with Gasteiger partial charge in [-0.1, -0.05) is 82.3 Å². The van der Waals surface area contributed by atoms with E-state index in [0.29, 0.717) is 5.92 Å². The predicted molar refractivity (Wildman–Crippen MR) is 189 cm³/mol. The zero-order chi connectivity index (χ0) is 32.3. The summed E-state index contributed by atoms with van der Waals surface area (Å²) in [6, 6.07) is 29.2. The average Bonchev–Trinajstić information content (AvgIpc) is 3.07. The van der Waals surface area contributed by atoms with Gasteiger partial charge in [-0.25, -0.2) is 4.98 Å². The number of hydrogen-bond acceptors (Lipinski definition) is 5. The summed E-state index contributed by atoms with van der Waals surface area (Å²) >= 11 is 0. The molecule has 0 N–H and O–H groups in total. The molecule has 0 fully saturated rings. The highest BCUT2D eigenvalue weighted by Gasteiger charge is 2.10. The number of aryl methyl sites for hydroxylation is 3. The van der Waals surface area contributed by atoms with Gasteiger partial charge in [-0.3, -0.25) is 4.98 Å². The molecule has 0 saturated carbocycles. The minimum absolute atomic E-state index is 0.509. The Kier molecular flexibility index (Phi) is 11.7. The highest BCUT2D eigenvalue weighted by atomic mass is 16.5. The van der Waals surface area contributed by atoms with E-state index in [1.807, 2.05) is 38.2 Å². The fourth-order valence-electron chi connectivity index (χ4n) is 5.67. The third kappa shape index (κ3) is 7.72. The monoisotopic (exact) mass is 602 g/mol. The fourth-order valence-corrected chi connectivity index (χ4v) is 5.67. The number of pyridine rings is 2. The number of para-hydroxylation sites is 1. The van der Waals surface area contributed by atoms with Crippen LogP contribution < -0.4 is 14.2 Å². The molecule has 0 unspecified atom stereocenters. The van der Waals surface area contributed by atoms with E-state index in [9.17, 15) is 0 Å². The SMILES string of the molecule is CCOc1cccc2c(CC)cccc12.CCc1ccnc2c(OC)cccc12.COc1nc(C)cc2c(C(C)C)cccc12. The van der Waals surface area contributed by atoms with E-state index >= 15 is 0 Å². The second-order valence-electron chi connectivity index (χ2n) is 11.1. The third-order valence-corrected chi connectivity index (χ3v) is 7.89. The van der Waals surface area contributed by atoms with Gasteiger partial charge in [0, 0.05) is 28.0 Å². The predicted octanol–water partition coefficient (Wildman–Crippen LogP) is 10.3. The second kappa shape index (κ2) is 15.9. The smallest absolute Gasteiger partial charge is 0.221 e. The van der Waals surface area contributed by atoms with E-state index in [0.717, 1.165) is 53.4 Å². The third-order valence-electron chi connectivity index (χ3n) is 7.89. The standard InChI is InChI=1S/C14H17NO.C14H16O.C12H13NO/c1-9(2)11-6-5-7-12-13(11)8-10(3)15-14(12)16-4;1-3-11-7-5-9-13-12(11)8-6-10-14(13)15-4-2;1-3-9-7-8-13-12-10(9)5-4-6-11(12)14-2/h5-9H,1-4H3;5-10H,3-4H2,1-2H3;4-8H,3H2,1-2H3. The molecule has 0 aliphatic heterocycles. The molecule has 234 valence electrons. The highest BCUT2D eigenvalue weighted by molar-refractivity contribution is 5.91. The largest absolute Gasteiger partial charge is 0.494 e. The molecule has 2 aromatic heterocycles. The Balaban J connectivity index is 0.000000154. The van der Waals surface area contributed by atoms with E-state index in [1.54, 1.807) is 14.2 Å². The van der Waals surface area contributed by atoms with E-state index in [1.165, 1.54) is 38.2 Å². The van der Waals surface area contributed by atoms with Gasteiger partial charge in [0.25, 0.3) is 0 Å². The molecule has 0 aliphatic rings. The number of rotatable bonds is 7. The van der Waals surface area contributed by atoms with Crippen LogP contribution in [0.15, 0.2) is 91.1 Å². The summed E-state index contributed by atoms with van der Waals surface area (Å²) in [6.07, 6.45) is 3.92. The van der Waals surface area contributed by atoms with Gasteiger partial charge in [-0.15, -0.1) is 0 Å². The van der Waals surface area contributed by atoms with Crippen LogP contribution in [0, 0.1) is 6.92 Å². The van der Waals surface area contributed by atoms with Crippen molar-refractivity contribution in [1.82, 2.24) is 9.97 Å². The normalized spacial score (nSPS) is 10.7. The molecule has 0 spiro atoms. The van der Waals surface area contributed by atoms with E-state index in [-0.39, 0.29) is 0 Å². The van der Waals surface area contributed by atoms with Crippen LogP contribution >= 0.6 is 0 Å². The Morgan fingerprint density at radius 3 is 1.93 bits per heavy atom. The van der Waals surface area contributed by atoms with Crippen LogP contribution in [0.4, 0.5) is 0 Å². The lowest BCUT2D eigenvalue weighted by molar-refractivity contribution is 0.344. The van der Waals surface area contributed by atoms with Gasteiger partial charge in [0.1, 0.15) is 17.0 Å². The number of benzene rings is 4. The van der Waals surface area contributed by atoms with Crippen molar-refractivity contribution in [1.29, 1.82) is 0 Å². The summed E-state index contributed by atoms with van der Waals surface area (Å²) in [6.45, 7) is 13.5. The van der Waals surface area contributed by atoms with Crippen molar-refractivity contribution in [2.24, 2.45) is 0 Å². The Morgan fingerprint density at radius 2 is 1.27 bits per heavy atom. The molecule has 2 heterocycles. The Hall–Kier alpha value is -4.64. The molecule has 4 aromatic carbocycles. The Morgan fingerprint density at radius 1 is 0.644 bits per heavy atom. The number of aromatic nitrogens is 2. The molecular formula is C40H46N2O3. The molecule has 0 radical (unpaired) electrons. The van der Waals surface area contributed by atoms with Crippen molar-refractivity contribution in [3.05, 3.63) is 114 Å². The first-order valence-electron chi connectivity index (χ1n) is 15.8. The molecular weight excluding hydrogens is 556 g/mol. The van der Waals surface area contributed by atoms with Crippen molar-refractivity contribution >= 4 is 32.4 Å². The van der Waals surface area contributed by atoms with Crippen LogP contribution in [0.3, 0.4) is 0 Å². The van der Waals surface area contributed by atoms with E-state index in [2.05, 4.69) is 104 Å². The molecule has 6 aromatic rings. The summed E-state index contributed by atoms with van der Waals surface area (Å²) in [4.78, 5) is 8.73. The quantitative estimate of drug-likeness (QED) is 0.182. The summed E-state index contributed by atoms with van der Waals surface area (Å²) in [5.74, 6) is 3.07. The topological polar surface area (TPSA) is 53.5 Å². The van der Waals surface area contributed by atoms with Crippen LogP contribution in [0.25, 0.3) is 32.4 Å². The van der Waals surface area contributed by atoms with Gasteiger partial charge in [-0.05, 0) is 90.4 Å². The molecule has 0 aliphatic carbocycles. The maximum absolute atomic E-state index is 5.62. The van der Waals surface area contributed by atoms with Crippen LogP contribution in [0.1, 0.15) is 62.9 Å². The maximum atomic E-state index is 5.62. The van der Waals surface area contributed by atoms with Crippen LogP contribution in [0.2, 0.25) is 0 Å². The average molecular weight is 603 g/mol. The number of ether oxygens (including phenoxy) is 3. The molecule has 5 heteroatoms. The zero-order valence-corrected chi connectivity index (χ0v) is 28.0. The van der Waals surface area contributed by atoms with Crippen LogP contribution in [0.5, 0.6) is 17.4 Å². The molecule has 6 rings (SSSR count). The minimum Gasteiger partial charge on any atom is -0.494 e. The van der Waals surface area contributed by atoms with Gasteiger partial charge in [0.2, 0.25) is 5.88 Å². The van der Waals surface area contributed by atoms with Crippen molar-refractivity contribution in [2.75, 3.05) is 20.8 Å². The molecule has 5 nitrogen and oxygen atoms in total. The van der Waals surface area contributed by atoms with Gasteiger partial charge in [0.15, 0.2) is 0 Å². The lowest BCUT2D eigenvalue weighted by Gasteiger charge is -2.12. The molecule has 0 saturated heterocycles. The second-order valence-corrected chi connectivity index (χ2v) is 11.1. The van der Waals surface area contributed by atoms with Crippen molar-refractivity contribution in [3.8, 4) is 17.4 Å². The zero-order valence-electron chi connectivity index (χ0n) is 28.0. The Labute approximate surface area is 268 Å². The summed E-state index contributed by atoms with van der Waals surface area (Å²) in [5.41, 5.74) is 6.00. The lowest BCUT2D eigenvalue weighted by Crippen LogP contribution is -1.95. The maximum Gasteiger partial charge on any atom is 0.221 e. The summed E-state index contributed by atoms with van der Waals surface area (Å²) in [7, 11) is 3.35. The summed E-state index contributed by atoms with van der Waals surface area (Å²) in [5, 5.41) is 6.07. The van der Waals surface area contributed by atoms with E-state index in [4.69, 9.17) is 14.2 Å². The highest BCUT2D eigenvalue weighted by Crippen LogP contribution is 2.31. The van der Waals surface area contributed by atoms with Crippen LogP contribution in [-0.2, 0) is 12.8 Å².